The average molecular weight is 383 g/mol. The van der Waals surface area contributed by atoms with Gasteiger partial charge in [-0.3, -0.25) is 10.1 Å². The van der Waals surface area contributed by atoms with E-state index in [0.717, 1.165) is 22.0 Å². The van der Waals surface area contributed by atoms with Crippen LogP contribution in [-0.4, -0.2) is 20.2 Å². The molecule has 0 fully saturated rings. The minimum atomic E-state index is 0.519. The van der Waals surface area contributed by atoms with Crippen molar-refractivity contribution in [2.24, 2.45) is 0 Å². The van der Waals surface area contributed by atoms with Gasteiger partial charge in [0.2, 0.25) is 0 Å². The molecule has 5 heteroatoms. The van der Waals surface area contributed by atoms with Crippen LogP contribution < -0.4 is 0 Å². The Morgan fingerprint density at radius 1 is 0.889 bits per heavy atom. The number of nitrogens with zero attached hydrogens (tertiary/aromatic N) is 3. The molecule has 1 N–H and O–H groups in total. The van der Waals surface area contributed by atoms with Crippen LogP contribution in [0.3, 0.4) is 0 Å². The summed E-state index contributed by atoms with van der Waals surface area (Å²) >= 11 is 6.05. The maximum absolute atomic E-state index is 6.05. The number of aromatic amines is 1. The molecule has 4 nitrogen and oxygen atoms in total. The fourth-order valence-corrected chi connectivity index (χ4v) is 2.39. The quantitative estimate of drug-likeness (QED) is 0.371. The molecule has 0 spiro atoms. The fraction of sp³-hybridized carbons (Fsp3) is 0.227. The Morgan fingerprint density at radius 2 is 1.63 bits per heavy atom. The van der Waals surface area contributed by atoms with Gasteiger partial charge < -0.3 is 0 Å². The van der Waals surface area contributed by atoms with E-state index in [2.05, 4.69) is 20.2 Å². The summed E-state index contributed by atoms with van der Waals surface area (Å²) in [6.45, 7) is 10.0. The van der Waals surface area contributed by atoms with Gasteiger partial charge in [0.05, 0.1) is 11.7 Å². The molecule has 0 saturated heterocycles. The largest absolute Gasteiger partial charge is 0.278 e. The Bertz CT molecular complexity index is 904. The summed E-state index contributed by atoms with van der Waals surface area (Å²) in [5.41, 5.74) is 4.21. The number of nitrogens with one attached hydrogen (secondary N) is 1. The molecule has 0 atom stereocenters. The van der Waals surface area contributed by atoms with Crippen molar-refractivity contribution in [2.45, 2.75) is 34.6 Å². The first-order chi connectivity index (χ1) is 13.2. The van der Waals surface area contributed by atoms with Gasteiger partial charge in [-0.05, 0) is 48.4 Å². The second kappa shape index (κ2) is 12.6. The summed E-state index contributed by atoms with van der Waals surface area (Å²) in [5.74, 6) is 0. The molecule has 0 aliphatic carbocycles. The number of hydrogen-bond donors (Lipinski definition) is 1. The van der Waals surface area contributed by atoms with Gasteiger partial charge in [-0.1, -0.05) is 51.4 Å². The third-order valence-corrected chi connectivity index (χ3v) is 3.62. The molecule has 0 radical (unpaired) electrons. The number of halogens is 1. The summed E-state index contributed by atoms with van der Waals surface area (Å²) in [4.78, 5) is 7.95. The Morgan fingerprint density at radius 3 is 2.22 bits per heavy atom. The monoisotopic (exact) mass is 382 g/mol. The van der Waals surface area contributed by atoms with Crippen molar-refractivity contribution in [1.82, 2.24) is 20.2 Å². The van der Waals surface area contributed by atoms with Crippen LogP contribution in [0.5, 0.6) is 0 Å². The minimum absolute atomic E-state index is 0.519. The highest BCUT2D eigenvalue weighted by Gasteiger charge is 2.04. The first-order valence-electron chi connectivity index (χ1n) is 9.15. The van der Waals surface area contributed by atoms with E-state index in [0.29, 0.717) is 5.15 Å². The summed E-state index contributed by atoms with van der Waals surface area (Å²) in [7, 11) is 0. The molecule has 0 saturated carbocycles. The predicted molar refractivity (Wildman–Crippen MR) is 116 cm³/mol. The van der Waals surface area contributed by atoms with Gasteiger partial charge >= 0.3 is 0 Å². The van der Waals surface area contributed by atoms with Gasteiger partial charge in [-0.25, -0.2) is 4.98 Å². The normalized spacial score (nSPS) is 9.11. The maximum atomic E-state index is 6.05. The van der Waals surface area contributed by atoms with Crippen molar-refractivity contribution in [3.05, 3.63) is 78.0 Å². The SMILES string of the molecule is CC.CC.Cc1cccnc1.Clc1ncccc1-c1ccc2[nH]ncc2c1. The summed E-state index contributed by atoms with van der Waals surface area (Å²) in [6.07, 6.45) is 7.08. The highest BCUT2D eigenvalue weighted by atomic mass is 35.5. The van der Waals surface area contributed by atoms with Crippen LogP contribution in [0.2, 0.25) is 5.15 Å². The number of pyridine rings is 2. The number of fused-ring (bicyclic) bond motifs is 1. The molecule has 0 amide bonds. The Kier molecular flexibility index (Phi) is 10.4. The van der Waals surface area contributed by atoms with Gasteiger partial charge in [0.1, 0.15) is 5.15 Å². The summed E-state index contributed by atoms with van der Waals surface area (Å²) in [6, 6.07) is 13.8. The van der Waals surface area contributed by atoms with Gasteiger partial charge in [0.25, 0.3) is 0 Å². The number of aromatic nitrogens is 4. The molecule has 0 aliphatic heterocycles. The molecule has 142 valence electrons. The molecular weight excluding hydrogens is 356 g/mol. The fourth-order valence-electron chi connectivity index (χ4n) is 2.16. The molecule has 1 aromatic carbocycles. The standard InChI is InChI=1S/C12H8ClN3.C6H7N.2C2H6/c13-12-10(2-1-5-14-12)8-3-4-11-9(6-8)7-15-16-11;1-6-3-2-4-7-5-6;2*1-2/h1-7H,(H,15,16);2-5H,1H3;2*1-2H3. The van der Waals surface area contributed by atoms with Crippen LogP contribution in [-0.2, 0) is 0 Å². The van der Waals surface area contributed by atoms with E-state index >= 15 is 0 Å². The number of aryl methyl sites for hydroxylation is 1. The van der Waals surface area contributed by atoms with E-state index in [1.807, 2.05) is 83.3 Å². The van der Waals surface area contributed by atoms with Crippen molar-refractivity contribution in [3.63, 3.8) is 0 Å². The molecule has 0 unspecified atom stereocenters. The average Bonchev–Trinajstić information content (AvgIpc) is 3.20. The lowest BCUT2D eigenvalue weighted by atomic mass is 10.1. The minimum Gasteiger partial charge on any atom is -0.278 e. The Hall–Kier alpha value is -2.72. The van der Waals surface area contributed by atoms with Gasteiger partial charge in [0.15, 0.2) is 0 Å². The Labute approximate surface area is 166 Å². The van der Waals surface area contributed by atoms with Gasteiger partial charge in [-0.15, -0.1) is 0 Å². The van der Waals surface area contributed by atoms with E-state index in [1.54, 1.807) is 18.6 Å². The number of H-pyrrole nitrogens is 1. The Balaban J connectivity index is 0.000000279. The van der Waals surface area contributed by atoms with E-state index < -0.39 is 0 Å². The van der Waals surface area contributed by atoms with Crippen molar-refractivity contribution in [2.75, 3.05) is 0 Å². The zero-order valence-corrected chi connectivity index (χ0v) is 17.3. The smallest absolute Gasteiger partial charge is 0.136 e. The third-order valence-electron chi connectivity index (χ3n) is 3.32. The van der Waals surface area contributed by atoms with Crippen molar-refractivity contribution < 1.29 is 0 Å². The van der Waals surface area contributed by atoms with Gasteiger partial charge in [-0.2, -0.15) is 5.10 Å². The van der Waals surface area contributed by atoms with Crippen molar-refractivity contribution in [1.29, 1.82) is 0 Å². The molecule has 0 bridgehead atoms. The first kappa shape index (κ1) is 22.3. The number of benzene rings is 1. The molecule has 3 aromatic heterocycles. The molecule has 27 heavy (non-hydrogen) atoms. The summed E-state index contributed by atoms with van der Waals surface area (Å²) in [5, 5.41) is 8.49. The molecule has 4 rings (SSSR count). The van der Waals surface area contributed by atoms with Crippen LogP contribution in [0.4, 0.5) is 0 Å². The number of hydrogen-bond acceptors (Lipinski definition) is 3. The maximum Gasteiger partial charge on any atom is 0.136 e. The molecule has 4 aromatic rings. The zero-order valence-electron chi connectivity index (χ0n) is 16.6. The second-order valence-corrected chi connectivity index (χ2v) is 5.40. The first-order valence-corrected chi connectivity index (χ1v) is 9.52. The second-order valence-electron chi connectivity index (χ2n) is 5.04. The van der Waals surface area contributed by atoms with E-state index in [4.69, 9.17) is 11.6 Å². The lowest BCUT2D eigenvalue weighted by Crippen LogP contribution is -1.82. The highest BCUT2D eigenvalue weighted by Crippen LogP contribution is 2.27. The van der Waals surface area contributed by atoms with Gasteiger partial charge in [0, 0.05) is 29.5 Å². The summed E-state index contributed by atoms with van der Waals surface area (Å²) < 4.78 is 0. The van der Waals surface area contributed by atoms with Crippen LogP contribution in [0.1, 0.15) is 33.3 Å². The highest BCUT2D eigenvalue weighted by molar-refractivity contribution is 6.32. The van der Waals surface area contributed by atoms with Crippen molar-refractivity contribution in [3.8, 4) is 11.1 Å². The van der Waals surface area contributed by atoms with E-state index in [-0.39, 0.29) is 0 Å². The molecular formula is C22H27ClN4. The number of rotatable bonds is 1. The van der Waals surface area contributed by atoms with E-state index in [9.17, 15) is 0 Å². The lowest BCUT2D eigenvalue weighted by Gasteiger charge is -2.02. The predicted octanol–water partition coefficient (Wildman–Crippen LogP) is 6.72. The molecule has 3 heterocycles. The topological polar surface area (TPSA) is 54.5 Å². The van der Waals surface area contributed by atoms with E-state index in [1.165, 1.54) is 5.56 Å². The van der Waals surface area contributed by atoms with Crippen LogP contribution >= 0.6 is 11.6 Å². The van der Waals surface area contributed by atoms with Crippen LogP contribution in [0.15, 0.2) is 67.3 Å². The molecule has 0 aliphatic rings. The van der Waals surface area contributed by atoms with Crippen LogP contribution in [0.25, 0.3) is 22.0 Å². The van der Waals surface area contributed by atoms with Crippen LogP contribution in [0, 0.1) is 6.92 Å². The lowest BCUT2D eigenvalue weighted by molar-refractivity contribution is 1.12. The zero-order chi connectivity index (χ0) is 20.1. The third kappa shape index (κ3) is 6.83. The van der Waals surface area contributed by atoms with Crippen molar-refractivity contribution >= 4 is 22.5 Å².